The normalized spacial score (nSPS) is 20.8. The molecule has 6 heteroatoms. The molecular weight excluding hydrogens is 372 g/mol. The van der Waals surface area contributed by atoms with Gasteiger partial charge in [0.1, 0.15) is 0 Å². The molecule has 1 spiro atoms. The molecule has 2 aliphatic rings. The molecule has 1 N–H and O–H groups in total. The maximum atomic E-state index is 12.9. The first-order valence-corrected chi connectivity index (χ1v) is 11.8. The first-order chi connectivity index (χ1) is 13.3. The monoisotopic (exact) mass is 398 g/mol. The molecule has 2 aromatic carbocycles. The van der Waals surface area contributed by atoms with Crippen molar-refractivity contribution in [3.05, 3.63) is 65.7 Å². The molecule has 5 nitrogen and oxygen atoms in total. The smallest absolute Gasteiger partial charge is 0.321 e. The van der Waals surface area contributed by atoms with Gasteiger partial charge in [0.15, 0.2) is 9.84 Å². The molecule has 1 aliphatic carbocycles. The van der Waals surface area contributed by atoms with Crippen molar-refractivity contribution in [1.82, 2.24) is 4.90 Å². The fourth-order valence-corrected chi connectivity index (χ4v) is 5.43. The number of nitrogens with one attached hydrogen (secondary N) is 1. The minimum absolute atomic E-state index is 0.0282. The van der Waals surface area contributed by atoms with Crippen molar-refractivity contribution in [2.75, 3.05) is 24.7 Å². The minimum Gasteiger partial charge on any atom is -0.323 e. The zero-order valence-electron chi connectivity index (χ0n) is 16.1. The van der Waals surface area contributed by atoms with E-state index in [-0.39, 0.29) is 17.2 Å². The van der Waals surface area contributed by atoms with Gasteiger partial charge in [0, 0.05) is 31.0 Å². The van der Waals surface area contributed by atoms with Gasteiger partial charge in [0.05, 0.1) is 5.75 Å². The zero-order chi connectivity index (χ0) is 19.8. The molecule has 1 saturated carbocycles. The van der Waals surface area contributed by atoms with Gasteiger partial charge in [-0.25, -0.2) is 13.2 Å². The number of hydrogen-bond donors (Lipinski definition) is 1. The molecule has 4 rings (SSSR count). The van der Waals surface area contributed by atoms with Gasteiger partial charge in [-0.05, 0) is 41.5 Å². The largest absolute Gasteiger partial charge is 0.323 e. The molecular formula is C22H26N2O3S. The van der Waals surface area contributed by atoms with Crippen LogP contribution in [0.4, 0.5) is 10.5 Å². The van der Waals surface area contributed by atoms with Gasteiger partial charge in [0.25, 0.3) is 0 Å². The summed E-state index contributed by atoms with van der Waals surface area (Å²) in [5, 5.41) is 2.96. The highest BCUT2D eigenvalue weighted by atomic mass is 32.2. The van der Waals surface area contributed by atoms with Crippen LogP contribution in [0, 0.1) is 5.41 Å². The Labute approximate surface area is 166 Å². The number of anilines is 1. The van der Waals surface area contributed by atoms with E-state index in [9.17, 15) is 13.2 Å². The highest BCUT2D eigenvalue weighted by Gasteiger charge is 2.51. The number of nitrogens with zero attached hydrogens (tertiary/aromatic N) is 1. The van der Waals surface area contributed by atoms with Crippen molar-refractivity contribution in [3.8, 4) is 0 Å². The van der Waals surface area contributed by atoms with E-state index >= 15 is 0 Å². The Balaban J connectivity index is 1.48. The first kappa shape index (κ1) is 19.0. The van der Waals surface area contributed by atoms with Crippen molar-refractivity contribution in [2.45, 2.75) is 30.9 Å². The molecule has 2 fully saturated rings. The van der Waals surface area contributed by atoms with E-state index < -0.39 is 9.84 Å². The molecule has 0 aromatic heterocycles. The third kappa shape index (κ3) is 3.92. The van der Waals surface area contributed by atoms with Crippen LogP contribution >= 0.6 is 0 Å². The van der Waals surface area contributed by atoms with Crippen molar-refractivity contribution in [3.63, 3.8) is 0 Å². The lowest BCUT2D eigenvalue weighted by Gasteiger charge is -2.43. The number of carbonyl (C=O) groups is 1. The third-order valence-electron chi connectivity index (χ3n) is 6.09. The number of urea groups is 1. The fraction of sp³-hybridized carbons (Fsp3) is 0.409. The molecule has 148 valence electrons. The fourth-order valence-electron chi connectivity index (χ4n) is 4.65. The number of carbonyl (C=O) groups excluding carboxylic acids is 1. The van der Waals surface area contributed by atoms with Gasteiger partial charge < -0.3 is 10.2 Å². The van der Waals surface area contributed by atoms with Crippen LogP contribution in [0.2, 0.25) is 0 Å². The Morgan fingerprint density at radius 2 is 1.89 bits per heavy atom. The average molecular weight is 399 g/mol. The summed E-state index contributed by atoms with van der Waals surface area (Å²) in [6.45, 7) is 1.50. The Hall–Kier alpha value is -2.34. The summed E-state index contributed by atoms with van der Waals surface area (Å²) in [7, 11) is -3.11. The molecule has 1 atom stereocenters. The molecule has 0 bridgehead atoms. The third-order valence-corrected chi connectivity index (χ3v) is 6.95. The summed E-state index contributed by atoms with van der Waals surface area (Å²) in [4.78, 5) is 14.8. The zero-order valence-corrected chi connectivity index (χ0v) is 16.9. The summed E-state index contributed by atoms with van der Waals surface area (Å²) in [5.74, 6) is 0.351. The summed E-state index contributed by atoms with van der Waals surface area (Å²) in [6, 6.07) is 17.5. The lowest BCUT2D eigenvalue weighted by atomic mass is 9.61. The van der Waals surface area contributed by atoms with Crippen LogP contribution < -0.4 is 5.32 Å². The Morgan fingerprint density at radius 3 is 2.54 bits per heavy atom. The quantitative estimate of drug-likeness (QED) is 0.845. The summed E-state index contributed by atoms with van der Waals surface area (Å²) in [6.07, 6.45) is 4.77. The maximum Gasteiger partial charge on any atom is 0.321 e. The van der Waals surface area contributed by atoms with Gasteiger partial charge in [-0.2, -0.15) is 0 Å². The van der Waals surface area contributed by atoms with E-state index in [1.807, 2.05) is 11.0 Å². The van der Waals surface area contributed by atoms with Crippen molar-refractivity contribution < 1.29 is 13.2 Å². The van der Waals surface area contributed by atoms with Crippen LogP contribution in [0.15, 0.2) is 54.6 Å². The van der Waals surface area contributed by atoms with Gasteiger partial charge in [-0.15, -0.1) is 0 Å². The van der Waals surface area contributed by atoms with Crippen molar-refractivity contribution in [2.24, 2.45) is 5.41 Å². The number of likely N-dealkylation sites (tertiary alicyclic amines) is 1. The van der Waals surface area contributed by atoms with Gasteiger partial charge >= 0.3 is 6.03 Å². The van der Waals surface area contributed by atoms with Crippen molar-refractivity contribution in [1.29, 1.82) is 0 Å². The number of sulfone groups is 1. The molecule has 0 radical (unpaired) electrons. The lowest BCUT2D eigenvalue weighted by Crippen LogP contribution is -2.39. The number of benzene rings is 2. The standard InChI is InChI=1S/C22H26N2O3S/c1-28(26,27)15-17-7-5-10-19(13-17)23-21(25)24-14-20(18-8-3-2-4-9-18)22(16-24)11-6-12-22/h2-5,7-10,13,20H,6,11-12,14-16H2,1H3,(H,23,25). The highest BCUT2D eigenvalue weighted by Crippen LogP contribution is 2.55. The predicted molar refractivity (Wildman–Crippen MR) is 111 cm³/mol. The van der Waals surface area contributed by atoms with E-state index in [4.69, 9.17) is 0 Å². The molecule has 2 aromatic rings. The molecule has 1 heterocycles. The average Bonchev–Trinajstić information content (AvgIpc) is 3.03. The second kappa shape index (κ2) is 7.24. The second-order valence-electron chi connectivity index (χ2n) is 8.26. The van der Waals surface area contributed by atoms with Crippen LogP contribution in [-0.2, 0) is 15.6 Å². The number of rotatable bonds is 4. The number of amides is 2. The first-order valence-electron chi connectivity index (χ1n) is 9.72. The van der Waals surface area contributed by atoms with Crippen LogP contribution in [0.1, 0.15) is 36.3 Å². The predicted octanol–water partition coefficient (Wildman–Crippen LogP) is 4.03. The van der Waals surface area contributed by atoms with E-state index in [0.717, 1.165) is 13.1 Å². The van der Waals surface area contributed by atoms with Crippen LogP contribution in [0.25, 0.3) is 0 Å². The van der Waals surface area contributed by atoms with E-state index in [1.165, 1.54) is 31.1 Å². The summed E-state index contributed by atoms with van der Waals surface area (Å²) in [5.41, 5.74) is 2.83. The Bertz CT molecular complexity index is 968. The molecule has 1 aliphatic heterocycles. The maximum absolute atomic E-state index is 12.9. The van der Waals surface area contributed by atoms with Gasteiger partial charge in [-0.3, -0.25) is 0 Å². The van der Waals surface area contributed by atoms with Crippen molar-refractivity contribution >= 4 is 21.6 Å². The van der Waals surface area contributed by atoms with Crippen LogP contribution in [-0.4, -0.2) is 38.7 Å². The minimum atomic E-state index is -3.11. The van der Waals surface area contributed by atoms with E-state index in [0.29, 0.717) is 17.2 Å². The van der Waals surface area contributed by atoms with Crippen LogP contribution in [0.5, 0.6) is 0 Å². The molecule has 2 amide bonds. The number of hydrogen-bond acceptors (Lipinski definition) is 3. The Kier molecular flexibility index (Phi) is 4.91. The molecule has 1 saturated heterocycles. The summed E-state index contributed by atoms with van der Waals surface area (Å²) < 4.78 is 23.1. The highest BCUT2D eigenvalue weighted by molar-refractivity contribution is 7.89. The van der Waals surface area contributed by atoms with Gasteiger partial charge in [-0.1, -0.05) is 48.9 Å². The topological polar surface area (TPSA) is 66.5 Å². The Morgan fingerprint density at radius 1 is 1.14 bits per heavy atom. The van der Waals surface area contributed by atoms with E-state index in [1.54, 1.807) is 24.3 Å². The van der Waals surface area contributed by atoms with Crippen LogP contribution in [0.3, 0.4) is 0 Å². The molecule has 28 heavy (non-hydrogen) atoms. The SMILES string of the molecule is CS(=O)(=O)Cc1cccc(NC(=O)N2CC(c3ccccc3)C3(CCC3)C2)c1. The lowest BCUT2D eigenvalue weighted by molar-refractivity contribution is 0.125. The van der Waals surface area contributed by atoms with E-state index in [2.05, 4.69) is 29.6 Å². The van der Waals surface area contributed by atoms with Gasteiger partial charge in [0.2, 0.25) is 0 Å². The molecule has 1 unspecified atom stereocenters. The summed E-state index contributed by atoms with van der Waals surface area (Å²) >= 11 is 0. The second-order valence-corrected chi connectivity index (χ2v) is 10.4.